The van der Waals surface area contributed by atoms with Crippen LogP contribution in [0, 0.1) is 33.5 Å². The predicted octanol–water partition coefficient (Wildman–Crippen LogP) is 8.22. The van der Waals surface area contributed by atoms with E-state index in [2.05, 4.69) is 6.92 Å². The van der Waals surface area contributed by atoms with E-state index < -0.39 is 5.97 Å². The van der Waals surface area contributed by atoms with Gasteiger partial charge in [-0.15, -0.1) is 0 Å². The van der Waals surface area contributed by atoms with Crippen LogP contribution in [-0.2, 0) is 9.59 Å². The number of aryl methyl sites for hydroxylation is 4. The highest BCUT2D eigenvalue weighted by Gasteiger charge is 2.35. The SMILES string of the molecule is CC(=O)O.Cc1ccc(N=C2S/C(=C\c3ccc(-c4ccccc4F)o3)C(=O)N2c2ccc(C)c(C)c2)cc1C. The van der Waals surface area contributed by atoms with Gasteiger partial charge in [-0.05, 0) is 110 Å². The molecule has 6 nitrogen and oxygen atoms in total. The normalized spacial score (nSPS) is 14.9. The first-order chi connectivity index (χ1) is 19.0. The minimum atomic E-state index is -0.833. The van der Waals surface area contributed by atoms with Gasteiger partial charge >= 0.3 is 0 Å². The van der Waals surface area contributed by atoms with Crippen molar-refractivity contribution in [1.29, 1.82) is 0 Å². The van der Waals surface area contributed by atoms with Gasteiger partial charge in [-0.1, -0.05) is 24.3 Å². The van der Waals surface area contributed by atoms with E-state index in [1.54, 1.807) is 41.3 Å². The summed E-state index contributed by atoms with van der Waals surface area (Å²) >= 11 is 1.29. The van der Waals surface area contributed by atoms with Crippen LogP contribution in [0.1, 0.15) is 34.9 Å². The van der Waals surface area contributed by atoms with Crippen molar-refractivity contribution in [2.75, 3.05) is 4.90 Å². The Balaban J connectivity index is 0.000000867. The minimum Gasteiger partial charge on any atom is -0.481 e. The third-order valence-electron chi connectivity index (χ3n) is 6.31. The number of carboxylic acids is 1. The molecule has 8 heteroatoms. The number of hydrogen-bond donors (Lipinski definition) is 1. The second-order valence-electron chi connectivity index (χ2n) is 9.38. The van der Waals surface area contributed by atoms with Crippen LogP contribution in [0.5, 0.6) is 0 Å². The number of benzene rings is 3. The minimum absolute atomic E-state index is 0.185. The largest absolute Gasteiger partial charge is 0.481 e. The first-order valence-electron chi connectivity index (χ1n) is 12.5. The quantitative estimate of drug-likeness (QED) is 0.256. The number of amidine groups is 1. The van der Waals surface area contributed by atoms with E-state index in [-0.39, 0.29) is 11.7 Å². The van der Waals surface area contributed by atoms with Gasteiger partial charge in [0.2, 0.25) is 0 Å². The molecule has 0 radical (unpaired) electrons. The highest BCUT2D eigenvalue weighted by Crippen LogP contribution is 2.38. The number of nitrogens with zero attached hydrogens (tertiary/aromatic N) is 2. The number of hydrogen-bond acceptors (Lipinski definition) is 5. The van der Waals surface area contributed by atoms with Gasteiger partial charge in [0.15, 0.2) is 5.17 Å². The van der Waals surface area contributed by atoms with E-state index in [0.717, 1.165) is 35.0 Å². The van der Waals surface area contributed by atoms with Gasteiger partial charge in [-0.25, -0.2) is 9.38 Å². The number of carbonyl (C=O) groups is 2. The Hall–Kier alpha value is -4.43. The fraction of sp³-hybridized carbons (Fsp3) is 0.156. The third-order valence-corrected chi connectivity index (χ3v) is 7.28. The summed E-state index contributed by atoms with van der Waals surface area (Å²) < 4.78 is 20.1. The van der Waals surface area contributed by atoms with Gasteiger partial charge in [0.05, 0.1) is 21.8 Å². The molecule has 0 bridgehead atoms. The number of carbonyl (C=O) groups excluding carboxylic acids is 1. The summed E-state index contributed by atoms with van der Waals surface area (Å²) in [5, 5.41) is 7.98. The van der Waals surface area contributed by atoms with Crippen LogP contribution in [-0.4, -0.2) is 22.2 Å². The van der Waals surface area contributed by atoms with Gasteiger partial charge in [0.1, 0.15) is 17.3 Å². The highest BCUT2D eigenvalue weighted by molar-refractivity contribution is 8.19. The van der Waals surface area contributed by atoms with Crippen LogP contribution in [0.4, 0.5) is 15.8 Å². The monoisotopic (exact) mass is 556 g/mol. The van der Waals surface area contributed by atoms with Crippen molar-refractivity contribution in [3.8, 4) is 11.3 Å². The smallest absolute Gasteiger partial charge is 0.300 e. The highest BCUT2D eigenvalue weighted by atomic mass is 32.2. The zero-order valence-electron chi connectivity index (χ0n) is 22.9. The number of anilines is 1. The molecule has 1 fully saturated rings. The Morgan fingerprint density at radius 2 is 1.57 bits per heavy atom. The molecule has 5 rings (SSSR count). The van der Waals surface area contributed by atoms with Crippen molar-refractivity contribution in [3.05, 3.63) is 112 Å². The number of aliphatic carboxylic acids is 1. The molecule has 1 N–H and O–H groups in total. The molecule has 0 atom stereocenters. The van der Waals surface area contributed by atoms with Gasteiger partial charge in [-0.2, -0.15) is 0 Å². The van der Waals surface area contributed by atoms with Crippen molar-refractivity contribution in [3.63, 3.8) is 0 Å². The molecule has 1 aliphatic heterocycles. The number of amides is 1. The van der Waals surface area contributed by atoms with Crippen molar-refractivity contribution in [2.24, 2.45) is 4.99 Å². The first-order valence-corrected chi connectivity index (χ1v) is 13.4. The summed E-state index contributed by atoms with van der Waals surface area (Å²) in [6.45, 7) is 9.25. The fourth-order valence-electron chi connectivity index (χ4n) is 3.91. The molecule has 0 spiro atoms. The lowest BCUT2D eigenvalue weighted by Gasteiger charge is -2.17. The Morgan fingerprint density at radius 3 is 2.23 bits per heavy atom. The summed E-state index contributed by atoms with van der Waals surface area (Å²) in [7, 11) is 0. The molecule has 0 unspecified atom stereocenters. The molecule has 1 amide bonds. The average Bonchev–Trinajstić information content (AvgIpc) is 3.47. The number of rotatable bonds is 4. The maximum absolute atomic E-state index is 14.2. The Labute approximate surface area is 236 Å². The van der Waals surface area contributed by atoms with Crippen molar-refractivity contribution >= 4 is 46.3 Å². The molecule has 2 heterocycles. The predicted molar refractivity (Wildman–Crippen MR) is 159 cm³/mol. The van der Waals surface area contributed by atoms with Crippen LogP contribution in [0.15, 0.2) is 87.1 Å². The molecule has 40 heavy (non-hydrogen) atoms. The van der Waals surface area contributed by atoms with E-state index in [1.807, 2.05) is 57.2 Å². The lowest BCUT2D eigenvalue weighted by molar-refractivity contribution is -0.134. The van der Waals surface area contributed by atoms with E-state index >= 15 is 0 Å². The van der Waals surface area contributed by atoms with E-state index in [1.165, 1.54) is 23.4 Å². The molecule has 4 aromatic rings. The van der Waals surface area contributed by atoms with Crippen molar-refractivity contribution in [1.82, 2.24) is 0 Å². The molecule has 204 valence electrons. The number of thioether (sulfide) groups is 1. The molecular formula is C32H29FN2O4S. The zero-order valence-corrected chi connectivity index (χ0v) is 23.7. The molecule has 1 saturated heterocycles. The summed E-state index contributed by atoms with van der Waals surface area (Å²) in [4.78, 5) is 29.6. The molecule has 0 saturated carbocycles. The Kier molecular flexibility index (Phi) is 8.70. The standard InChI is InChI=1S/C30H25FN2O2S.C2H4O2/c1-18-9-11-22(15-20(18)3)32-30-33(23-12-10-19(2)21(4)16-23)29(34)28(36-30)17-24-13-14-27(35-24)25-7-5-6-8-26(25)31;1-2(3)4/h5-17H,1-4H3;1H3,(H,3,4)/b28-17-,32-30?;. The summed E-state index contributed by atoms with van der Waals surface area (Å²) in [5.74, 6) is -0.502. The van der Waals surface area contributed by atoms with Gasteiger partial charge in [-0.3, -0.25) is 14.5 Å². The summed E-state index contributed by atoms with van der Waals surface area (Å²) in [5.41, 5.74) is 6.48. The van der Waals surface area contributed by atoms with Crippen LogP contribution >= 0.6 is 11.8 Å². The first kappa shape index (κ1) is 28.6. The Bertz CT molecular complexity index is 1650. The number of aliphatic imine (C=N–C) groups is 1. The van der Waals surface area contributed by atoms with Gasteiger partial charge in [0.25, 0.3) is 11.9 Å². The van der Waals surface area contributed by atoms with Crippen LogP contribution in [0.25, 0.3) is 17.4 Å². The van der Waals surface area contributed by atoms with Gasteiger partial charge in [0, 0.05) is 13.0 Å². The number of carboxylic acid groups (broad SMARTS) is 1. The topological polar surface area (TPSA) is 83.1 Å². The van der Waals surface area contributed by atoms with Crippen LogP contribution in [0.2, 0.25) is 0 Å². The van der Waals surface area contributed by atoms with Crippen LogP contribution < -0.4 is 4.90 Å². The third kappa shape index (κ3) is 6.58. The average molecular weight is 557 g/mol. The second-order valence-corrected chi connectivity index (χ2v) is 10.4. The van der Waals surface area contributed by atoms with E-state index in [4.69, 9.17) is 19.3 Å². The maximum atomic E-state index is 14.2. The molecular weight excluding hydrogens is 527 g/mol. The van der Waals surface area contributed by atoms with Gasteiger partial charge < -0.3 is 9.52 Å². The van der Waals surface area contributed by atoms with E-state index in [9.17, 15) is 9.18 Å². The number of furan rings is 1. The Morgan fingerprint density at radius 1 is 0.925 bits per heavy atom. The molecule has 1 aromatic heterocycles. The number of halogens is 1. The second kappa shape index (κ2) is 12.2. The maximum Gasteiger partial charge on any atom is 0.300 e. The van der Waals surface area contributed by atoms with Crippen molar-refractivity contribution < 1.29 is 23.5 Å². The van der Waals surface area contributed by atoms with Crippen LogP contribution in [0.3, 0.4) is 0 Å². The lowest BCUT2D eigenvalue weighted by Crippen LogP contribution is -2.28. The van der Waals surface area contributed by atoms with E-state index in [0.29, 0.717) is 27.2 Å². The summed E-state index contributed by atoms with van der Waals surface area (Å²) in [6, 6.07) is 21.8. The molecule has 0 aliphatic carbocycles. The molecule has 3 aromatic carbocycles. The summed E-state index contributed by atoms with van der Waals surface area (Å²) in [6.07, 6.45) is 1.69. The molecule has 1 aliphatic rings. The zero-order chi connectivity index (χ0) is 29.0. The fourth-order valence-corrected chi connectivity index (χ4v) is 4.89. The lowest BCUT2D eigenvalue weighted by atomic mass is 10.1. The van der Waals surface area contributed by atoms with Crippen molar-refractivity contribution in [2.45, 2.75) is 34.6 Å².